The number of carbonyl (C=O) groups is 2. The van der Waals surface area contributed by atoms with Crippen LogP contribution in [0.5, 0.6) is 0 Å². The van der Waals surface area contributed by atoms with Gasteiger partial charge in [-0.2, -0.15) is 13.2 Å². The van der Waals surface area contributed by atoms with Crippen LogP contribution >= 0.6 is 23.2 Å². The fourth-order valence-electron chi connectivity index (χ4n) is 5.19. The van der Waals surface area contributed by atoms with E-state index in [1.807, 2.05) is 0 Å². The average molecular weight is 685 g/mol. The zero-order valence-corrected chi connectivity index (χ0v) is 27.1. The van der Waals surface area contributed by atoms with Gasteiger partial charge in [0, 0.05) is 22.6 Å². The lowest BCUT2D eigenvalue weighted by molar-refractivity contribution is -0.139. The van der Waals surface area contributed by atoms with Crippen LogP contribution in [0.15, 0.2) is 71.6 Å². The van der Waals surface area contributed by atoms with Gasteiger partial charge in [-0.25, -0.2) is 8.42 Å². The van der Waals surface area contributed by atoms with Gasteiger partial charge in [0.25, 0.3) is 10.0 Å². The van der Waals surface area contributed by atoms with Gasteiger partial charge < -0.3 is 10.2 Å². The average Bonchev–Trinajstić information content (AvgIpc) is 2.99. The van der Waals surface area contributed by atoms with Gasteiger partial charge in [-0.15, -0.1) is 0 Å². The number of amides is 2. The number of carbonyl (C=O) groups excluding carboxylic acids is 2. The van der Waals surface area contributed by atoms with Crippen LogP contribution in [-0.2, 0) is 32.3 Å². The first-order valence-electron chi connectivity index (χ1n) is 14.5. The van der Waals surface area contributed by atoms with Crippen LogP contribution < -0.4 is 9.62 Å². The molecular formula is C32H34Cl2F3N3O4S. The molecule has 0 heterocycles. The zero-order chi connectivity index (χ0) is 32.9. The summed E-state index contributed by atoms with van der Waals surface area (Å²) in [7, 11) is -4.54. The smallest absolute Gasteiger partial charge is 0.352 e. The number of alkyl halides is 3. The standard InChI is InChI=1S/C32H34Cl2F3N3O4S/c1-21-11-15-28(16-12-21)45(43,44)40(27-10-6-7-24(17-27)32(35,36)37)20-30(41)39(19-23-13-14-25(33)18-29(23)34)22(2)31(42)38-26-8-4-3-5-9-26/h6-7,10-18,22,26H,3-5,8-9,19-20H2,1-2H3,(H,38,42)/t22-/m1/s1. The number of benzene rings is 3. The number of rotatable bonds is 10. The first kappa shape index (κ1) is 34.6. The minimum Gasteiger partial charge on any atom is -0.352 e. The van der Waals surface area contributed by atoms with E-state index in [9.17, 15) is 31.2 Å². The fourth-order valence-corrected chi connectivity index (χ4v) is 7.06. The minimum absolute atomic E-state index is 0.0618. The summed E-state index contributed by atoms with van der Waals surface area (Å²) in [5.74, 6) is -1.26. The molecule has 0 saturated heterocycles. The summed E-state index contributed by atoms with van der Waals surface area (Å²) >= 11 is 12.5. The first-order chi connectivity index (χ1) is 21.2. The lowest BCUT2D eigenvalue weighted by atomic mass is 9.95. The van der Waals surface area contributed by atoms with Crippen molar-refractivity contribution in [2.24, 2.45) is 0 Å². The van der Waals surface area contributed by atoms with Gasteiger partial charge >= 0.3 is 6.18 Å². The molecule has 7 nitrogen and oxygen atoms in total. The maximum absolute atomic E-state index is 14.1. The highest BCUT2D eigenvalue weighted by atomic mass is 35.5. The van der Waals surface area contributed by atoms with E-state index in [0.717, 1.165) is 49.8 Å². The minimum atomic E-state index is -4.76. The number of hydrogen-bond acceptors (Lipinski definition) is 4. The Bertz CT molecular complexity index is 1630. The summed E-state index contributed by atoms with van der Waals surface area (Å²) in [5.41, 5.74) is -0.234. The van der Waals surface area contributed by atoms with Gasteiger partial charge in [0.1, 0.15) is 12.6 Å². The number of hydrogen-bond donors (Lipinski definition) is 1. The number of nitrogens with zero attached hydrogens (tertiary/aromatic N) is 2. The predicted molar refractivity (Wildman–Crippen MR) is 169 cm³/mol. The van der Waals surface area contributed by atoms with Crippen molar-refractivity contribution in [2.75, 3.05) is 10.8 Å². The highest BCUT2D eigenvalue weighted by Gasteiger charge is 2.36. The Morgan fingerprint density at radius 2 is 1.64 bits per heavy atom. The molecule has 3 aromatic rings. The molecule has 0 spiro atoms. The second kappa shape index (κ2) is 14.4. The fraction of sp³-hybridized carbons (Fsp3) is 0.375. The van der Waals surface area contributed by atoms with Crippen LogP contribution in [0.1, 0.15) is 55.7 Å². The summed E-state index contributed by atoms with van der Waals surface area (Å²) in [6.45, 7) is 2.20. The number of sulfonamides is 1. The maximum atomic E-state index is 14.1. The predicted octanol–water partition coefficient (Wildman–Crippen LogP) is 7.38. The second-order valence-corrected chi connectivity index (χ2v) is 13.9. The van der Waals surface area contributed by atoms with Gasteiger partial charge in [-0.05, 0) is 74.7 Å². The maximum Gasteiger partial charge on any atom is 0.416 e. The number of halogens is 5. The second-order valence-electron chi connectivity index (χ2n) is 11.1. The molecule has 1 aliphatic rings. The van der Waals surface area contributed by atoms with Gasteiger partial charge in [-0.3, -0.25) is 13.9 Å². The molecule has 1 N–H and O–H groups in total. The molecule has 1 atom stereocenters. The van der Waals surface area contributed by atoms with E-state index >= 15 is 0 Å². The van der Waals surface area contributed by atoms with E-state index in [2.05, 4.69) is 5.32 Å². The van der Waals surface area contributed by atoms with Crippen molar-refractivity contribution < 1.29 is 31.2 Å². The Kier molecular flexibility index (Phi) is 11.1. The Hall–Kier alpha value is -3.28. The normalized spacial score (nSPS) is 14.9. The Labute approximate surface area is 271 Å². The summed E-state index contributed by atoms with van der Waals surface area (Å²) in [4.78, 5) is 28.5. The Morgan fingerprint density at radius 1 is 0.978 bits per heavy atom. The molecule has 0 unspecified atom stereocenters. The molecule has 1 aliphatic carbocycles. The van der Waals surface area contributed by atoms with Crippen LogP contribution in [0, 0.1) is 6.92 Å². The Morgan fingerprint density at radius 3 is 2.27 bits per heavy atom. The van der Waals surface area contributed by atoms with Crippen LogP contribution in [0.3, 0.4) is 0 Å². The molecule has 1 fully saturated rings. The molecule has 3 aromatic carbocycles. The van der Waals surface area contributed by atoms with Gasteiger partial charge in [-0.1, -0.05) is 72.3 Å². The van der Waals surface area contributed by atoms with E-state index in [1.54, 1.807) is 31.2 Å². The molecule has 242 valence electrons. The lowest BCUT2D eigenvalue weighted by Crippen LogP contribution is -2.53. The summed E-state index contributed by atoms with van der Waals surface area (Å²) < 4.78 is 69.5. The van der Waals surface area contributed by atoms with Gasteiger partial charge in [0.05, 0.1) is 16.1 Å². The SMILES string of the molecule is Cc1ccc(S(=O)(=O)N(CC(=O)N(Cc2ccc(Cl)cc2Cl)[C@H](C)C(=O)NC2CCCCC2)c2cccc(C(F)(F)F)c2)cc1. The third-order valence-electron chi connectivity index (χ3n) is 7.82. The number of nitrogens with one attached hydrogen (secondary N) is 1. The zero-order valence-electron chi connectivity index (χ0n) is 24.8. The third-order valence-corrected chi connectivity index (χ3v) is 10.2. The van der Waals surface area contributed by atoms with Crippen LogP contribution in [-0.4, -0.2) is 43.8 Å². The molecule has 45 heavy (non-hydrogen) atoms. The topological polar surface area (TPSA) is 86.8 Å². The third kappa shape index (κ3) is 8.71. The van der Waals surface area contributed by atoms with Crippen molar-refractivity contribution in [1.29, 1.82) is 0 Å². The van der Waals surface area contributed by atoms with Gasteiger partial charge in [0.2, 0.25) is 11.8 Å². The van der Waals surface area contributed by atoms with E-state index in [-0.39, 0.29) is 28.2 Å². The quantitative estimate of drug-likeness (QED) is 0.242. The molecule has 0 aliphatic heterocycles. The molecule has 4 rings (SSSR count). The van der Waals surface area contributed by atoms with Crippen molar-refractivity contribution in [2.45, 2.75) is 75.7 Å². The van der Waals surface area contributed by atoms with Crippen LogP contribution in [0.25, 0.3) is 0 Å². The van der Waals surface area contributed by atoms with Crippen molar-refractivity contribution in [1.82, 2.24) is 10.2 Å². The van der Waals surface area contributed by atoms with Crippen LogP contribution in [0.2, 0.25) is 10.0 Å². The summed E-state index contributed by atoms with van der Waals surface area (Å²) in [6.07, 6.45) is -0.164. The first-order valence-corrected chi connectivity index (χ1v) is 16.7. The van der Waals surface area contributed by atoms with E-state index < -0.39 is 46.2 Å². The van der Waals surface area contributed by atoms with Crippen molar-refractivity contribution in [3.8, 4) is 0 Å². The monoisotopic (exact) mass is 683 g/mol. The highest BCUT2D eigenvalue weighted by molar-refractivity contribution is 7.92. The molecule has 1 saturated carbocycles. The molecule has 0 aromatic heterocycles. The molecule has 0 radical (unpaired) electrons. The van der Waals surface area contributed by atoms with E-state index in [0.29, 0.717) is 21.0 Å². The van der Waals surface area contributed by atoms with E-state index in [1.165, 1.54) is 36.1 Å². The van der Waals surface area contributed by atoms with Crippen molar-refractivity contribution in [3.63, 3.8) is 0 Å². The molecule has 2 amide bonds. The summed E-state index contributed by atoms with van der Waals surface area (Å²) in [6, 6.07) is 13.0. The van der Waals surface area contributed by atoms with E-state index in [4.69, 9.17) is 23.2 Å². The number of anilines is 1. The molecule has 13 heteroatoms. The van der Waals surface area contributed by atoms with Crippen LogP contribution in [0.4, 0.5) is 18.9 Å². The van der Waals surface area contributed by atoms with Crippen molar-refractivity contribution in [3.05, 3.63) is 93.5 Å². The molecule has 0 bridgehead atoms. The van der Waals surface area contributed by atoms with Gasteiger partial charge in [0.15, 0.2) is 0 Å². The molecular weight excluding hydrogens is 650 g/mol. The summed E-state index contributed by atoms with van der Waals surface area (Å²) in [5, 5.41) is 3.57. The largest absolute Gasteiger partial charge is 0.416 e. The highest BCUT2D eigenvalue weighted by Crippen LogP contribution is 2.34. The van der Waals surface area contributed by atoms with Crippen molar-refractivity contribution >= 4 is 50.7 Å². The lowest BCUT2D eigenvalue weighted by Gasteiger charge is -2.33. The number of aryl methyl sites for hydroxylation is 1. The Balaban J connectivity index is 1.74.